The van der Waals surface area contributed by atoms with E-state index in [4.69, 9.17) is 11.6 Å². The highest BCUT2D eigenvalue weighted by Gasteiger charge is 2.35. The zero-order chi connectivity index (χ0) is 25.2. The van der Waals surface area contributed by atoms with Gasteiger partial charge in [0.05, 0.1) is 23.0 Å². The average Bonchev–Trinajstić information content (AvgIpc) is 2.87. The van der Waals surface area contributed by atoms with Crippen molar-refractivity contribution in [2.24, 2.45) is 5.41 Å². The minimum Gasteiger partial charge on any atom is -0.478 e. The first-order chi connectivity index (χ1) is 16.0. The number of carboxylic acids is 1. The average molecular weight is 483 g/mol. The van der Waals surface area contributed by atoms with Crippen molar-refractivity contribution in [3.05, 3.63) is 69.4 Å². The highest BCUT2D eigenvalue weighted by molar-refractivity contribution is 6.31. The molecule has 3 rings (SSSR count). The van der Waals surface area contributed by atoms with Crippen molar-refractivity contribution in [2.45, 2.75) is 59.9 Å². The number of anilines is 2. The number of fused-ring (bicyclic) bond motifs is 1. The van der Waals surface area contributed by atoms with E-state index < -0.39 is 12.0 Å². The van der Waals surface area contributed by atoms with Crippen LogP contribution in [0.2, 0.25) is 5.02 Å². The molecule has 0 radical (unpaired) electrons. The molecule has 0 aliphatic carbocycles. The summed E-state index contributed by atoms with van der Waals surface area (Å²) in [6, 6.07) is 10.0. The summed E-state index contributed by atoms with van der Waals surface area (Å²) in [6.07, 6.45) is 2.68. The fourth-order valence-corrected chi connectivity index (χ4v) is 4.73. The lowest BCUT2D eigenvalue weighted by molar-refractivity contribution is -0.117. The topological polar surface area (TPSA) is 86.7 Å². The largest absolute Gasteiger partial charge is 0.478 e. The highest BCUT2D eigenvalue weighted by atomic mass is 35.5. The van der Waals surface area contributed by atoms with Crippen LogP contribution in [0.3, 0.4) is 0 Å². The van der Waals surface area contributed by atoms with E-state index in [9.17, 15) is 19.5 Å². The normalized spacial score (nSPS) is 15.9. The molecule has 7 heteroatoms. The molecule has 0 aromatic heterocycles. The second kappa shape index (κ2) is 10.0. The van der Waals surface area contributed by atoms with Crippen LogP contribution in [0.25, 0.3) is 0 Å². The molecule has 1 amide bonds. The zero-order valence-corrected chi connectivity index (χ0v) is 21.0. The molecule has 2 aromatic rings. The van der Waals surface area contributed by atoms with Gasteiger partial charge in [0.15, 0.2) is 0 Å². The number of carbonyl (C=O) groups excluding carboxylic acids is 2. The van der Waals surface area contributed by atoms with Gasteiger partial charge in [-0.2, -0.15) is 0 Å². The number of rotatable bonds is 7. The second-order valence-corrected chi connectivity index (χ2v) is 9.94. The van der Waals surface area contributed by atoms with Crippen LogP contribution in [0.1, 0.15) is 75.0 Å². The molecule has 1 aliphatic heterocycles. The van der Waals surface area contributed by atoms with Gasteiger partial charge in [-0.3, -0.25) is 9.69 Å². The van der Waals surface area contributed by atoms with Gasteiger partial charge in [-0.25, -0.2) is 4.79 Å². The molecule has 0 saturated heterocycles. The lowest BCUT2D eigenvalue weighted by atomic mass is 9.82. The number of aromatic carboxylic acids is 1. The van der Waals surface area contributed by atoms with Crippen LogP contribution in [0.5, 0.6) is 0 Å². The van der Waals surface area contributed by atoms with Gasteiger partial charge in [0.25, 0.3) is 0 Å². The number of carbonyl (C=O) groups is 3. The Morgan fingerprint density at radius 3 is 2.47 bits per heavy atom. The van der Waals surface area contributed by atoms with E-state index in [2.05, 4.69) is 5.32 Å². The van der Waals surface area contributed by atoms with Crippen molar-refractivity contribution in [1.29, 1.82) is 0 Å². The molecule has 2 N–H and O–H groups in total. The van der Waals surface area contributed by atoms with E-state index in [1.54, 1.807) is 11.0 Å². The molecule has 1 atom stereocenters. The third-order valence-electron chi connectivity index (χ3n) is 6.33. The van der Waals surface area contributed by atoms with Crippen LogP contribution in [0.15, 0.2) is 47.7 Å². The van der Waals surface area contributed by atoms with Gasteiger partial charge in [0, 0.05) is 24.1 Å². The first kappa shape index (κ1) is 25.5. The number of carboxylic acid groups (broad SMARTS) is 1. The third-order valence-corrected chi connectivity index (χ3v) is 6.66. The van der Waals surface area contributed by atoms with E-state index in [0.717, 1.165) is 35.1 Å². The minimum atomic E-state index is -1.07. The van der Waals surface area contributed by atoms with Gasteiger partial charge in [-0.1, -0.05) is 44.5 Å². The maximum atomic E-state index is 13.1. The Kier molecular flexibility index (Phi) is 7.51. The number of nitrogens with zero attached hydrogens (tertiary/aromatic N) is 1. The van der Waals surface area contributed by atoms with E-state index in [0.29, 0.717) is 29.2 Å². The standard InChI is InChI=1S/C27H31ClN2O4/c1-6-18-7-9-20(21(28)13-18)25-16(2)23(15-27(4,5)11-12-31)29-22-10-8-19(26(33)34)14-24(22)30(25)17(3)32/h7-10,12-14,25,29H,6,11,15H2,1-5H3,(H,33,34). The molecular weight excluding hydrogens is 452 g/mol. The summed E-state index contributed by atoms with van der Waals surface area (Å²) in [7, 11) is 0. The summed E-state index contributed by atoms with van der Waals surface area (Å²) < 4.78 is 0. The molecule has 1 unspecified atom stereocenters. The zero-order valence-electron chi connectivity index (χ0n) is 20.2. The van der Waals surface area contributed by atoms with Crippen molar-refractivity contribution < 1.29 is 19.5 Å². The van der Waals surface area contributed by atoms with E-state index in [1.807, 2.05) is 45.9 Å². The predicted molar refractivity (Wildman–Crippen MR) is 136 cm³/mol. The SMILES string of the molecule is CCc1ccc(C2C(C)=C(CC(C)(C)CC=O)Nc3ccc(C(=O)O)cc3N2C(C)=O)c(Cl)c1. The van der Waals surface area contributed by atoms with Crippen LogP contribution in [0, 0.1) is 5.41 Å². The van der Waals surface area contributed by atoms with Crippen molar-refractivity contribution in [3.8, 4) is 0 Å². The third kappa shape index (κ3) is 5.17. The molecule has 0 bridgehead atoms. The van der Waals surface area contributed by atoms with Crippen LogP contribution >= 0.6 is 11.6 Å². The monoisotopic (exact) mass is 482 g/mol. The van der Waals surface area contributed by atoms with E-state index >= 15 is 0 Å². The molecule has 0 fully saturated rings. The maximum Gasteiger partial charge on any atom is 0.335 e. The summed E-state index contributed by atoms with van der Waals surface area (Å²) in [5.74, 6) is -1.31. The minimum absolute atomic E-state index is 0.0837. The van der Waals surface area contributed by atoms with E-state index in [1.165, 1.54) is 19.1 Å². The highest BCUT2D eigenvalue weighted by Crippen LogP contribution is 2.46. The number of hydrogen-bond donors (Lipinski definition) is 2. The quantitative estimate of drug-likeness (QED) is 0.446. The Labute approximate surface area is 205 Å². The Hall–Kier alpha value is -3.12. The number of aryl methyl sites for hydroxylation is 1. The van der Waals surface area contributed by atoms with Crippen molar-refractivity contribution in [1.82, 2.24) is 0 Å². The van der Waals surface area contributed by atoms with Gasteiger partial charge in [-0.05, 0) is 66.1 Å². The van der Waals surface area contributed by atoms with Crippen molar-refractivity contribution in [3.63, 3.8) is 0 Å². The van der Waals surface area contributed by atoms with Crippen LogP contribution in [-0.4, -0.2) is 23.3 Å². The second-order valence-electron chi connectivity index (χ2n) is 9.54. The number of allylic oxidation sites excluding steroid dienone is 1. The van der Waals surface area contributed by atoms with Crippen LogP contribution in [0.4, 0.5) is 11.4 Å². The lowest BCUT2D eigenvalue weighted by Crippen LogP contribution is -2.34. The van der Waals surface area contributed by atoms with Gasteiger partial charge in [0.2, 0.25) is 5.91 Å². The molecule has 6 nitrogen and oxygen atoms in total. The number of halogens is 1. The first-order valence-corrected chi connectivity index (χ1v) is 11.7. The van der Waals surface area contributed by atoms with Crippen molar-refractivity contribution in [2.75, 3.05) is 10.2 Å². The van der Waals surface area contributed by atoms with Gasteiger partial charge in [-0.15, -0.1) is 0 Å². The summed E-state index contributed by atoms with van der Waals surface area (Å²) in [6.45, 7) is 9.50. The molecule has 0 spiro atoms. The molecule has 2 aromatic carbocycles. The maximum absolute atomic E-state index is 13.1. The molecule has 180 valence electrons. The Bertz CT molecular complexity index is 1170. The molecular formula is C27H31ClN2O4. The molecule has 34 heavy (non-hydrogen) atoms. The van der Waals surface area contributed by atoms with Crippen LogP contribution in [-0.2, 0) is 16.0 Å². The first-order valence-electron chi connectivity index (χ1n) is 11.3. The fraction of sp³-hybridized carbons (Fsp3) is 0.370. The Balaban J connectivity index is 2.31. The number of amides is 1. The molecule has 1 heterocycles. The summed E-state index contributed by atoms with van der Waals surface area (Å²) >= 11 is 6.75. The molecule has 0 saturated carbocycles. The number of hydrogen-bond acceptors (Lipinski definition) is 4. The fourth-order valence-electron chi connectivity index (χ4n) is 4.42. The number of nitrogens with one attached hydrogen (secondary N) is 1. The smallest absolute Gasteiger partial charge is 0.335 e. The van der Waals surface area contributed by atoms with Gasteiger partial charge >= 0.3 is 5.97 Å². The number of benzene rings is 2. The van der Waals surface area contributed by atoms with Crippen molar-refractivity contribution >= 4 is 41.1 Å². The van der Waals surface area contributed by atoms with E-state index in [-0.39, 0.29) is 16.9 Å². The lowest BCUT2D eigenvalue weighted by Gasteiger charge is -2.33. The number of aldehydes is 1. The van der Waals surface area contributed by atoms with Gasteiger partial charge < -0.3 is 15.2 Å². The Morgan fingerprint density at radius 1 is 1.21 bits per heavy atom. The summed E-state index contributed by atoms with van der Waals surface area (Å²) in [4.78, 5) is 37.7. The summed E-state index contributed by atoms with van der Waals surface area (Å²) in [5, 5.41) is 13.6. The Morgan fingerprint density at radius 2 is 1.91 bits per heavy atom. The predicted octanol–water partition coefficient (Wildman–Crippen LogP) is 6.40. The van der Waals surface area contributed by atoms with Crippen LogP contribution < -0.4 is 10.2 Å². The van der Waals surface area contributed by atoms with Gasteiger partial charge in [0.1, 0.15) is 6.29 Å². The summed E-state index contributed by atoms with van der Waals surface area (Å²) in [5.41, 5.74) is 4.45. The molecule has 1 aliphatic rings.